The number of carbonyl (C=O) groups is 1. The zero-order valence-electron chi connectivity index (χ0n) is 9.58. The molecular formula is C13H16N2O. The predicted octanol–water partition coefficient (Wildman–Crippen LogP) is 1.73. The van der Waals surface area contributed by atoms with E-state index in [4.69, 9.17) is 12.2 Å². The van der Waals surface area contributed by atoms with Gasteiger partial charge < -0.3 is 11.1 Å². The van der Waals surface area contributed by atoms with Crippen molar-refractivity contribution in [3.63, 3.8) is 0 Å². The number of anilines is 1. The van der Waals surface area contributed by atoms with Crippen LogP contribution in [0, 0.1) is 12.3 Å². The Kier molecular flexibility index (Phi) is 3.70. The summed E-state index contributed by atoms with van der Waals surface area (Å²) in [5.74, 6) is 2.40. The molecule has 1 amide bonds. The van der Waals surface area contributed by atoms with Crippen molar-refractivity contribution < 1.29 is 4.79 Å². The molecule has 0 heterocycles. The van der Waals surface area contributed by atoms with Crippen LogP contribution in [-0.4, -0.2) is 11.4 Å². The summed E-state index contributed by atoms with van der Waals surface area (Å²) in [5.41, 5.74) is 6.69. The van der Waals surface area contributed by atoms with Crippen molar-refractivity contribution in [3.05, 3.63) is 29.8 Å². The zero-order valence-corrected chi connectivity index (χ0v) is 9.58. The SMILES string of the molecule is C#Cc1cccc(NC(=O)CC(C)(C)N)c1. The lowest BCUT2D eigenvalue weighted by molar-refractivity contribution is -0.117. The van der Waals surface area contributed by atoms with E-state index in [1.165, 1.54) is 0 Å². The van der Waals surface area contributed by atoms with Crippen LogP contribution in [0.15, 0.2) is 24.3 Å². The van der Waals surface area contributed by atoms with Crippen LogP contribution in [0.1, 0.15) is 25.8 Å². The van der Waals surface area contributed by atoms with E-state index < -0.39 is 5.54 Å². The number of hydrogen-bond acceptors (Lipinski definition) is 2. The molecule has 0 fully saturated rings. The highest BCUT2D eigenvalue weighted by molar-refractivity contribution is 5.91. The van der Waals surface area contributed by atoms with Crippen LogP contribution >= 0.6 is 0 Å². The molecule has 16 heavy (non-hydrogen) atoms. The molecule has 84 valence electrons. The van der Waals surface area contributed by atoms with Gasteiger partial charge in [0.25, 0.3) is 0 Å². The van der Waals surface area contributed by atoms with E-state index in [1.807, 2.05) is 19.9 Å². The Labute approximate surface area is 96.0 Å². The molecule has 1 rings (SSSR count). The third-order valence-corrected chi connectivity index (χ3v) is 1.93. The molecule has 3 heteroatoms. The van der Waals surface area contributed by atoms with Crippen molar-refractivity contribution in [2.24, 2.45) is 5.73 Å². The maximum absolute atomic E-state index is 11.6. The average Bonchev–Trinajstić information content (AvgIpc) is 2.15. The Morgan fingerprint density at radius 2 is 2.25 bits per heavy atom. The molecule has 0 aromatic heterocycles. The Bertz CT molecular complexity index is 424. The molecule has 1 aromatic carbocycles. The Balaban J connectivity index is 2.67. The van der Waals surface area contributed by atoms with E-state index in [0.717, 1.165) is 5.56 Å². The van der Waals surface area contributed by atoms with Crippen molar-refractivity contribution in [1.29, 1.82) is 0 Å². The number of benzene rings is 1. The van der Waals surface area contributed by atoms with Gasteiger partial charge in [0.2, 0.25) is 5.91 Å². The molecule has 0 aliphatic carbocycles. The number of hydrogen-bond donors (Lipinski definition) is 2. The van der Waals surface area contributed by atoms with Crippen molar-refractivity contribution in [1.82, 2.24) is 0 Å². The van der Waals surface area contributed by atoms with Gasteiger partial charge in [0.05, 0.1) is 0 Å². The molecule has 0 saturated heterocycles. The summed E-state index contributed by atoms with van der Waals surface area (Å²) in [4.78, 5) is 11.6. The first-order valence-electron chi connectivity index (χ1n) is 5.06. The summed E-state index contributed by atoms with van der Waals surface area (Å²) < 4.78 is 0. The minimum atomic E-state index is -0.506. The highest BCUT2D eigenvalue weighted by Crippen LogP contribution is 2.12. The minimum absolute atomic E-state index is 0.110. The molecule has 0 unspecified atom stereocenters. The van der Waals surface area contributed by atoms with Crippen LogP contribution < -0.4 is 11.1 Å². The van der Waals surface area contributed by atoms with Crippen LogP contribution in [0.2, 0.25) is 0 Å². The van der Waals surface area contributed by atoms with Gasteiger partial charge in [0.1, 0.15) is 0 Å². The first kappa shape index (κ1) is 12.3. The van der Waals surface area contributed by atoms with E-state index in [2.05, 4.69) is 11.2 Å². The van der Waals surface area contributed by atoms with Gasteiger partial charge >= 0.3 is 0 Å². The highest BCUT2D eigenvalue weighted by atomic mass is 16.1. The zero-order chi connectivity index (χ0) is 12.2. The lowest BCUT2D eigenvalue weighted by atomic mass is 10.0. The third-order valence-electron chi connectivity index (χ3n) is 1.93. The van der Waals surface area contributed by atoms with E-state index in [9.17, 15) is 4.79 Å². The summed E-state index contributed by atoms with van der Waals surface area (Å²) in [6.45, 7) is 3.62. The van der Waals surface area contributed by atoms with E-state index in [-0.39, 0.29) is 12.3 Å². The maximum Gasteiger partial charge on any atom is 0.226 e. The Hall–Kier alpha value is -1.79. The predicted molar refractivity (Wildman–Crippen MR) is 65.9 cm³/mol. The van der Waals surface area contributed by atoms with Crippen LogP contribution in [0.25, 0.3) is 0 Å². The minimum Gasteiger partial charge on any atom is -0.326 e. The summed E-state index contributed by atoms with van der Waals surface area (Å²) in [5, 5.41) is 2.76. The molecule has 0 spiro atoms. The summed E-state index contributed by atoms with van der Waals surface area (Å²) in [6.07, 6.45) is 5.54. The largest absolute Gasteiger partial charge is 0.326 e. The molecule has 0 radical (unpaired) electrons. The first-order chi connectivity index (χ1) is 7.40. The number of terminal acetylenes is 1. The van der Waals surface area contributed by atoms with Gasteiger partial charge in [-0.1, -0.05) is 12.0 Å². The molecule has 3 N–H and O–H groups in total. The lowest BCUT2D eigenvalue weighted by Gasteiger charge is -2.17. The molecule has 0 aliphatic rings. The van der Waals surface area contributed by atoms with Crippen molar-refractivity contribution in [3.8, 4) is 12.3 Å². The number of rotatable bonds is 3. The Morgan fingerprint density at radius 1 is 1.56 bits per heavy atom. The van der Waals surface area contributed by atoms with E-state index >= 15 is 0 Å². The second-order valence-electron chi connectivity index (χ2n) is 4.44. The second kappa shape index (κ2) is 4.82. The van der Waals surface area contributed by atoms with Crippen LogP contribution in [-0.2, 0) is 4.79 Å². The second-order valence-corrected chi connectivity index (χ2v) is 4.44. The first-order valence-corrected chi connectivity index (χ1v) is 5.06. The van der Waals surface area contributed by atoms with Crippen LogP contribution in [0.4, 0.5) is 5.69 Å². The monoisotopic (exact) mass is 216 g/mol. The molecule has 0 bridgehead atoms. The number of nitrogens with two attached hydrogens (primary N) is 1. The molecule has 0 aliphatic heterocycles. The topological polar surface area (TPSA) is 55.1 Å². The van der Waals surface area contributed by atoms with Gasteiger partial charge in [-0.3, -0.25) is 4.79 Å². The van der Waals surface area contributed by atoms with Crippen LogP contribution in [0.3, 0.4) is 0 Å². The lowest BCUT2D eigenvalue weighted by Crippen LogP contribution is -2.36. The van der Waals surface area contributed by atoms with Gasteiger partial charge in [-0.05, 0) is 32.0 Å². The highest BCUT2D eigenvalue weighted by Gasteiger charge is 2.16. The molecule has 0 atom stereocenters. The van der Waals surface area contributed by atoms with Gasteiger partial charge in [-0.25, -0.2) is 0 Å². The molecule has 1 aromatic rings. The van der Waals surface area contributed by atoms with Crippen molar-refractivity contribution in [2.45, 2.75) is 25.8 Å². The van der Waals surface area contributed by atoms with Gasteiger partial charge in [-0.15, -0.1) is 6.42 Å². The molecule has 0 saturated carbocycles. The number of amides is 1. The van der Waals surface area contributed by atoms with Gasteiger partial charge in [0, 0.05) is 23.2 Å². The number of carbonyl (C=O) groups excluding carboxylic acids is 1. The van der Waals surface area contributed by atoms with Gasteiger partial charge in [-0.2, -0.15) is 0 Å². The fourth-order valence-corrected chi connectivity index (χ4v) is 1.31. The number of nitrogens with one attached hydrogen (secondary N) is 1. The Morgan fingerprint density at radius 3 is 2.81 bits per heavy atom. The maximum atomic E-state index is 11.6. The quantitative estimate of drug-likeness (QED) is 0.756. The van der Waals surface area contributed by atoms with E-state index in [1.54, 1.807) is 18.2 Å². The summed E-state index contributed by atoms with van der Waals surface area (Å²) in [7, 11) is 0. The average molecular weight is 216 g/mol. The normalized spacial score (nSPS) is 10.6. The smallest absolute Gasteiger partial charge is 0.226 e. The summed E-state index contributed by atoms with van der Waals surface area (Å²) >= 11 is 0. The van der Waals surface area contributed by atoms with E-state index in [0.29, 0.717) is 5.69 Å². The molecule has 3 nitrogen and oxygen atoms in total. The van der Waals surface area contributed by atoms with Crippen molar-refractivity contribution >= 4 is 11.6 Å². The fraction of sp³-hybridized carbons (Fsp3) is 0.308. The van der Waals surface area contributed by atoms with Gasteiger partial charge in [0.15, 0.2) is 0 Å². The third kappa shape index (κ3) is 4.16. The van der Waals surface area contributed by atoms with Crippen molar-refractivity contribution in [2.75, 3.05) is 5.32 Å². The molecular weight excluding hydrogens is 200 g/mol. The fourth-order valence-electron chi connectivity index (χ4n) is 1.31. The summed E-state index contributed by atoms with van der Waals surface area (Å²) in [6, 6.07) is 7.16. The standard InChI is InChI=1S/C13H16N2O/c1-4-10-6-5-7-11(8-10)15-12(16)9-13(2,3)14/h1,5-8H,9,14H2,2-3H3,(H,15,16). The van der Waals surface area contributed by atoms with Crippen LogP contribution in [0.5, 0.6) is 0 Å².